The first-order valence-corrected chi connectivity index (χ1v) is 4.85. The zero-order valence-electron chi connectivity index (χ0n) is 8.84. The summed E-state index contributed by atoms with van der Waals surface area (Å²) in [7, 11) is 1.86. The number of rotatable bonds is 4. The molecule has 1 unspecified atom stereocenters. The van der Waals surface area contributed by atoms with Crippen molar-refractivity contribution >= 4 is 0 Å². The molecule has 0 radical (unpaired) electrons. The maximum Gasteiger partial charge on any atom is 0.164 e. The maximum absolute atomic E-state index is 5.02. The molecule has 2 aromatic rings. The third kappa shape index (κ3) is 2.44. The van der Waals surface area contributed by atoms with Crippen molar-refractivity contribution in [3.05, 3.63) is 36.3 Å². The molecule has 2 rings (SSSR count). The molecule has 0 saturated carbocycles. The van der Waals surface area contributed by atoms with Crippen molar-refractivity contribution in [2.75, 3.05) is 0 Å². The van der Waals surface area contributed by atoms with E-state index in [2.05, 4.69) is 22.3 Å². The van der Waals surface area contributed by atoms with Gasteiger partial charge in [0.15, 0.2) is 5.82 Å². The highest BCUT2D eigenvalue weighted by Gasteiger charge is 2.07. The molecule has 0 aliphatic carbocycles. The van der Waals surface area contributed by atoms with Crippen LogP contribution in [0.4, 0.5) is 0 Å². The molecule has 0 fully saturated rings. The Labute approximate surface area is 88.1 Å². The second-order valence-corrected chi connectivity index (χ2v) is 3.49. The predicted octanol–water partition coefficient (Wildman–Crippen LogP) is 1.26. The molecule has 1 atom stereocenters. The second kappa shape index (κ2) is 4.27. The molecule has 2 aromatic heterocycles. The van der Waals surface area contributed by atoms with Gasteiger partial charge in [-0.25, -0.2) is 4.98 Å². The van der Waals surface area contributed by atoms with Gasteiger partial charge in [-0.1, -0.05) is 0 Å². The van der Waals surface area contributed by atoms with Crippen LogP contribution in [-0.2, 0) is 13.6 Å². The third-order valence-corrected chi connectivity index (χ3v) is 2.26. The molecule has 0 aliphatic rings. The van der Waals surface area contributed by atoms with E-state index in [-0.39, 0.29) is 6.04 Å². The molecule has 5 nitrogen and oxygen atoms in total. The zero-order valence-corrected chi connectivity index (χ0v) is 8.84. The molecule has 5 heteroatoms. The first-order chi connectivity index (χ1) is 7.25. The fourth-order valence-corrected chi connectivity index (χ4v) is 1.35. The van der Waals surface area contributed by atoms with Crippen LogP contribution in [0.3, 0.4) is 0 Å². The van der Waals surface area contributed by atoms with Crippen LogP contribution in [0.15, 0.2) is 29.3 Å². The normalized spacial score (nSPS) is 12.9. The lowest BCUT2D eigenvalue weighted by Gasteiger charge is -2.09. The van der Waals surface area contributed by atoms with Gasteiger partial charge in [-0.15, -0.1) is 0 Å². The standard InChI is InChI=1S/C10H14N4O/c1-8(9-3-4-15-6-9)11-5-10-12-7-14(2)13-10/h3-4,6-8,11H,5H2,1-2H3. The number of hydrogen-bond acceptors (Lipinski definition) is 4. The molecule has 0 saturated heterocycles. The van der Waals surface area contributed by atoms with E-state index >= 15 is 0 Å². The van der Waals surface area contributed by atoms with Crippen LogP contribution in [0.25, 0.3) is 0 Å². The van der Waals surface area contributed by atoms with Gasteiger partial charge in [-0.3, -0.25) is 4.68 Å². The Morgan fingerprint density at radius 2 is 2.47 bits per heavy atom. The monoisotopic (exact) mass is 206 g/mol. The van der Waals surface area contributed by atoms with E-state index in [1.807, 2.05) is 13.1 Å². The van der Waals surface area contributed by atoms with Gasteiger partial charge in [-0.05, 0) is 13.0 Å². The summed E-state index contributed by atoms with van der Waals surface area (Å²) in [6.07, 6.45) is 5.11. The summed E-state index contributed by atoms with van der Waals surface area (Å²) in [4.78, 5) is 4.13. The molecule has 0 aliphatic heterocycles. The number of nitrogens with zero attached hydrogens (tertiary/aromatic N) is 3. The highest BCUT2D eigenvalue weighted by Crippen LogP contribution is 2.12. The van der Waals surface area contributed by atoms with Gasteiger partial charge < -0.3 is 9.73 Å². The highest BCUT2D eigenvalue weighted by molar-refractivity contribution is 5.10. The Morgan fingerprint density at radius 3 is 3.07 bits per heavy atom. The zero-order chi connectivity index (χ0) is 10.7. The number of aryl methyl sites for hydroxylation is 1. The van der Waals surface area contributed by atoms with E-state index in [0.29, 0.717) is 6.54 Å². The smallest absolute Gasteiger partial charge is 0.164 e. The Hall–Kier alpha value is -1.62. The van der Waals surface area contributed by atoms with E-state index in [4.69, 9.17) is 4.42 Å². The van der Waals surface area contributed by atoms with Crippen LogP contribution in [0.5, 0.6) is 0 Å². The Morgan fingerprint density at radius 1 is 1.60 bits per heavy atom. The summed E-state index contributed by atoms with van der Waals surface area (Å²) in [5, 5.41) is 7.50. The molecular weight excluding hydrogens is 192 g/mol. The van der Waals surface area contributed by atoms with Crippen LogP contribution in [0, 0.1) is 0 Å². The van der Waals surface area contributed by atoms with Gasteiger partial charge in [0.1, 0.15) is 6.33 Å². The van der Waals surface area contributed by atoms with Gasteiger partial charge in [0.25, 0.3) is 0 Å². The minimum atomic E-state index is 0.243. The van der Waals surface area contributed by atoms with Gasteiger partial charge in [0.05, 0.1) is 19.1 Å². The highest BCUT2D eigenvalue weighted by atomic mass is 16.3. The quantitative estimate of drug-likeness (QED) is 0.818. The number of hydrogen-bond donors (Lipinski definition) is 1. The van der Waals surface area contributed by atoms with Gasteiger partial charge >= 0.3 is 0 Å². The molecule has 0 spiro atoms. The minimum Gasteiger partial charge on any atom is -0.472 e. The lowest BCUT2D eigenvalue weighted by atomic mass is 10.2. The molecular formula is C10H14N4O. The van der Waals surface area contributed by atoms with E-state index in [9.17, 15) is 0 Å². The topological polar surface area (TPSA) is 55.9 Å². The third-order valence-electron chi connectivity index (χ3n) is 2.26. The summed E-state index contributed by atoms with van der Waals surface area (Å²) in [5.74, 6) is 0.799. The first-order valence-electron chi connectivity index (χ1n) is 4.85. The fraction of sp³-hybridized carbons (Fsp3) is 0.400. The SMILES string of the molecule is CC(NCc1ncn(C)n1)c1ccoc1. The van der Waals surface area contributed by atoms with Crippen LogP contribution >= 0.6 is 0 Å². The summed E-state index contributed by atoms with van der Waals surface area (Å²) < 4.78 is 6.71. The van der Waals surface area contributed by atoms with Gasteiger partial charge in [0, 0.05) is 18.7 Å². The minimum absolute atomic E-state index is 0.243. The molecule has 2 heterocycles. The van der Waals surface area contributed by atoms with E-state index in [0.717, 1.165) is 11.4 Å². The lowest BCUT2D eigenvalue weighted by Crippen LogP contribution is -2.18. The van der Waals surface area contributed by atoms with Crippen molar-refractivity contribution in [1.29, 1.82) is 0 Å². The van der Waals surface area contributed by atoms with Crippen molar-refractivity contribution in [2.24, 2.45) is 7.05 Å². The second-order valence-electron chi connectivity index (χ2n) is 3.49. The van der Waals surface area contributed by atoms with E-state index in [1.54, 1.807) is 23.5 Å². The van der Waals surface area contributed by atoms with Crippen LogP contribution < -0.4 is 5.32 Å². The number of furan rings is 1. The van der Waals surface area contributed by atoms with Crippen molar-refractivity contribution in [3.63, 3.8) is 0 Å². The molecule has 80 valence electrons. The van der Waals surface area contributed by atoms with E-state index < -0.39 is 0 Å². The van der Waals surface area contributed by atoms with Crippen molar-refractivity contribution in [3.8, 4) is 0 Å². The molecule has 1 N–H and O–H groups in total. The van der Waals surface area contributed by atoms with Crippen molar-refractivity contribution in [1.82, 2.24) is 20.1 Å². The van der Waals surface area contributed by atoms with Crippen LogP contribution in [-0.4, -0.2) is 14.8 Å². The Bertz CT molecular complexity index is 407. The summed E-state index contributed by atoms with van der Waals surface area (Å²) in [6, 6.07) is 2.19. The van der Waals surface area contributed by atoms with E-state index in [1.165, 1.54) is 0 Å². The average molecular weight is 206 g/mol. The molecule has 15 heavy (non-hydrogen) atoms. The maximum atomic E-state index is 5.02. The molecule has 0 bridgehead atoms. The van der Waals surface area contributed by atoms with Gasteiger partial charge in [0.2, 0.25) is 0 Å². The average Bonchev–Trinajstić information content (AvgIpc) is 2.84. The summed E-state index contributed by atoms with van der Waals surface area (Å²) in [6.45, 7) is 2.74. The fourth-order valence-electron chi connectivity index (χ4n) is 1.35. The van der Waals surface area contributed by atoms with Crippen LogP contribution in [0.2, 0.25) is 0 Å². The van der Waals surface area contributed by atoms with Crippen molar-refractivity contribution in [2.45, 2.75) is 19.5 Å². The predicted molar refractivity (Wildman–Crippen MR) is 55.0 cm³/mol. The first kappa shape index (κ1) is 9.92. The number of nitrogens with one attached hydrogen (secondary N) is 1. The van der Waals surface area contributed by atoms with Crippen molar-refractivity contribution < 1.29 is 4.42 Å². The number of aromatic nitrogens is 3. The lowest BCUT2D eigenvalue weighted by molar-refractivity contribution is 0.531. The molecule has 0 amide bonds. The van der Waals surface area contributed by atoms with Crippen LogP contribution in [0.1, 0.15) is 24.4 Å². The largest absolute Gasteiger partial charge is 0.472 e. The Balaban J connectivity index is 1.88. The summed E-state index contributed by atoms with van der Waals surface area (Å²) >= 11 is 0. The molecule has 0 aromatic carbocycles. The summed E-state index contributed by atoms with van der Waals surface area (Å²) in [5.41, 5.74) is 1.13. The van der Waals surface area contributed by atoms with Gasteiger partial charge in [-0.2, -0.15) is 5.10 Å². The Kier molecular flexibility index (Phi) is 2.82.